The summed E-state index contributed by atoms with van der Waals surface area (Å²) in [6.07, 6.45) is -2.11. The number of ether oxygens (including phenoxy) is 3. The van der Waals surface area contributed by atoms with Gasteiger partial charge in [-0.25, -0.2) is 14.0 Å². The Bertz CT molecular complexity index is 657. The van der Waals surface area contributed by atoms with Crippen molar-refractivity contribution in [3.63, 3.8) is 0 Å². The zero-order valence-corrected chi connectivity index (χ0v) is 11.7. The molecule has 3 atom stereocenters. The van der Waals surface area contributed by atoms with Crippen molar-refractivity contribution in [1.29, 1.82) is 0 Å². The van der Waals surface area contributed by atoms with Crippen LogP contribution in [0.15, 0.2) is 21.9 Å². The van der Waals surface area contributed by atoms with E-state index in [0.717, 1.165) is 16.8 Å². The lowest BCUT2D eigenvalue weighted by molar-refractivity contribution is -0.197. The zero-order chi connectivity index (χ0) is 16.3. The van der Waals surface area contributed by atoms with Gasteiger partial charge in [0.1, 0.15) is 12.7 Å². The van der Waals surface area contributed by atoms with E-state index in [2.05, 4.69) is 9.47 Å². The minimum absolute atomic E-state index is 0.346. The van der Waals surface area contributed by atoms with Crippen molar-refractivity contribution in [1.82, 2.24) is 9.55 Å². The van der Waals surface area contributed by atoms with E-state index in [1.165, 1.54) is 7.11 Å². The molecule has 1 fully saturated rings. The van der Waals surface area contributed by atoms with E-state index in [1.54, 1.807) is 0 Å². The van der Waals surface area contributed by atoms with Gasteiger partial charge < -0.3 is 19.3 Å². The number of rotatable bonds is 5. The highest BCUT2D eigenvalue weighted by atomic mass is 19.2. The van der Waals surface area contributed by atoms with E-state index in [1.807, 2.05) is 4.98 Å². The second-order valence-corrected chi connectivity index (χ2v) is 4.77. The number of hydrogen-bond donors (Lipinski definition) is 2. The molecule has 10 heteroatoms. The fourth-order valence-corrected chi connectivity index (χ4v) is 2.07. The summed E-state index contributed by atoms with van der Waals surface area (Å²) >= 11 is 0. The van der Waals surface area contributed by atoms with Crippen molar-refractivity contribution >= 4 is 5.97 Å². The van der Waals surface area contributed by atoms with Gasteiger partial charge in [0.15, 0.2) is 12.8 Å². The first-order valence-corrected chi connectivity index (χ1v) is 6.35. The van der Waals surface area contributed by atoms with Gasteiger partial charge in [0, 0.05) is 25.8 Å². The van der Waals surface area contributed by atoms with Crippen molar-refractivity contribution in [3.05, 3.63) is 33.1 Å². The number of carbonyl (C=O) groups is 1. The van der Waals surface area contributed by atoms with Crippen molar-refractivity contribution in [2.45, 2.75) is 24.6 Å². The Morgan fingerprint density at radius 1 is 1.64 bits per heavy atom. The Kier molecular flexibility index (Phi) is 4.74. The lowest BCUT2D eigenvalue weighted by Crippen LogP contribution is -2.36. The van der Waals surface area contributed by atoms with E-state index in [4.69, 9.17) is 4.74 Å². The molecule has 0 bridgehead atoms. The molecular weight excluding hydrogens is 303 g/mol. The molecule has 0 spiro atoms. The lowest BCUT2D eigenvalue weighted by atomic mass is 10.2. The molecule has 22 heavy (non-hydrogen) atoms. The summed E-state index contributed by atoms with van der Waals surface area (Å²) < 4.78 is 29.4. The van der Waals surface area contributed by atoms with Crippen LogP contribution in [0, 0.1) is 0 Å². The predicted octanol–water partition coefficient (Wildman–Crippen LogP) is -1.33. The van der Waals surface area contributed by atoms with Crippen molar-refractivity contribution in [3.8, 4) is 0 Å². The standard InChI is InChI=1S/C12H15FN2O7/c1-20-5-9(18)21-6-12(13)4-7(16)10(22-12)15-3-2-8(17)14-11(15)19/h2-3,7,10,16H,4-6H2,1H3,(H,14,17,19)/t7-,10-,12+/m1/s1. The number of nitrogens with one attached hydrogen (secondary N) is 1. The van der Waals surface area contributed by atoms with E-state index in [0.29, 0.717) is 0 Å². The van der Waals surface area contributed by atoms with Crippen LogP contribution in [0.1, 0.15) is 12.6 Å². The van der Waals surface area contributed by atoms with E-state index in [-0.39, 0.29) is 6.61 Å². The number of carbonyl (C=O) groups excluding carboxylic acids is 1. The Morgan fingerprint density at radius 3 is 3.00 bits per heavy atom. The molecule has 0 aromatic carbocycles. The SMILES string of the molecule is COCC(=O)OC[C@]1(F)C[C@@H](O)[C@H](n2ccc(=O)[nH]c2=O)O1. The molecule has 2 heterocycles. The third-order valence-electron chi connectivity index (χ3n) is 3.01. The van der Waals surface area contributed by atoms with Gasteiger partial charge >= 0.3 is 11.7 Å². The number of aromatic nitrogens is 2. The van der Waals surface area contributed by atoms with Gasteiger partial charge in [0.25, 0.3) is 5.56 Å². The molecule has 9 nitrogen and oxygen atoms in total. The van der Waals surface area contributed by atoms with Crippen LogP contribution in [0.5, 0.6) is 0 Å². The van der Waals surface area contributed by atoms with Crippen LogP contribution in [0.2, 0.25) is 0 Å². The largest absolute Gasteiger partial charge is 0.458 e. The second-order valence-electron chi connectivity index (χ2n) is 4.77. The number of nitrogens with zero attached hydrogens (tertiary/aromatic N) is 1. The van der Waals surface area contributed by atoms with Crippen LogP contribution < -0.4 is 11.2 Å². The Morgan fingerprint density at radius 2 is 2.36 bits per heavy atom. The fourth-order valence-electron chi connectivity index (χ4n) is 2.07. The van der Waals surface area contributed by atoms with Gasteiger partial charge in [-0.1, -0.05) is 0 Å². The molecule has 0 saturated carbocycles. The number of aromatic amines is 1. The number of hydrogen-bond acceptors (Lipinski definition) is 7. The van der Waals surface area contributed by atoms with Gasteiger partial charge in [-0.05, 0) is 0 Å². The Labute approximate surface area is 123 Å². The van der Waals surface area contributed by atoms with Crippen LogP contribution in [-0.2, 0) is 19.0 Å². The molecule has 0 unspecified atom stereocenters. The first-order chi connectivity index (χ1) is 10.3. The highest BCUT2D eigenvalue weighted by Crippen LogP contribution is 2.37. The number of esters is 1. The normalized spacial score (nSPS) is 27.8. The molecule has 2 rings (SSSR count). The Hall–Kier alpha value is -2.04. The average molecular weight is 318 g/mol. The molecule has 1 aromatic rings. The highest BCUT2D eigenvalue weighted by molar-refractivity contribution is 5.70. The van der Waals surface area contributed by atoms with E-state index < -0.39 is 48.4 Å². The quantitative estimate of drug-likeness (QED) is 0.646. The highest BCUT2D eigenvalue weighted by Gasteiger charge is 2.48. The third-order valence-corrected chi connectivity index (χ3v) is 3.01. The van der Waals surface area contributed by atoms with Gasteiger partial charge in [0.2, 0.25) is 5.85 Å². The van der Waals surface area contributed by atoms with Crippen molar-refractivity contribution in [2.24, 2.45) is 0 Å². The number of methoxy groups -OCH3 is 1. The first kappa shape index (κ1) is 16.3. The smallest absolute Gasteiger partial charge is 0.332 e. The van der Waals surface area contributed by atoms with Crippen LogP contribution in [0.4, 0.5) is 4.39 Å². The van der Waals surface area contributed by atoms with Crippen LogP contribution in [0.3, 0.4) is 0 Å². The Balaban J connectivity index is 2.09. The maximum Gasteiger partial charge on any atom is 0.332 e. The van der Waals surface area contributed by atoms with E-state index >= 15 is 0 Å². The maximum absolute atomic E-state index is 14.4. The summed E-state index contributed by atoms with van der Waals surface area (Å²) in [5.41, 5.74) is -1.48. The summed E-state index contributed by atoms with van der Waals surface area (Å²) in [4.78, 5) is 35.7. The lowest BCUT2D eigenvalue weighted by Gasteiger charge is -2.20. The van der Waals surface area contributed by atoms with Crippen molar-refractivity contribution < 1.29 is 28.5 Å². The summed E-state index contributed by atoms with van der Waals surface area (Å²) in [7, 11) is 1.28. The van der Waals surface area contributed by atoms with Gasteiger partial charge in [-0.3, -0.25) is 14.3 Å². The van der Waals surface area contributed by atoms with Gasteiger partial charge in [0.05, 0.1) is 0 Å². The summed E-state index contributed by atoms with van der Waals surface area (Å²) in [6.45, 7) is -1.09. The third kappa shape index (κ3) is 3.59. The zero-order valence-electron chi connectivity index (χ0n) is 11.7. The van der Waals surface area contributed by atoms with Crippen LogP contribution in [-0.4, -0.2) is 52.9 Å². The number of aliphatic hydroxyl groups excluding tert-OH is 1. The van der Waals surface area contributed by atoms with Crippen LogP contribution >= 0.6 is 0 Å². The minimum atomic E-state index is -2.44. The maximum atomic E-state index is 14.4. The van der Waals surface area contributed by atoms with Gasteiger partial charge in [-0.15, -0.1) is 0 Å². The number of alkyl halides is 1. The average Bonchev–Trinajstić information content (AvgIpc) is 2.73. The van der Waals surface area contributed by atoms with E-state index in [9.17, 15) is 23.9 Å². The predicted molar refractivity (Wildman–Crippen MR) is 68.7 cm³/mol. The fraction of sp³-hybridized carbons (Fsp3) is 0.583. The molecule has 1 aliphatic rings. The summed E-state index contributed by atoms with van der Waals surface area (Å²) in [5, 5.41) is 9.86. The molecule has 122 valence electrons. The second kappa shape index (κ2) is 6.38. The van der Waals surface area contributed by atoms with Crippen LogP contribution in [0.25, 0.3) is 0 Å². The molecular formula is C12H15FN2O7. The number of aliphatic hydroxyl groups is 1. The minimum Gasteiger partial charge on any atom is -0.458 e. The molecule has 0 amide bonds. The monoisotopic (exact) mass is 318 g/mol. The first-order valence-electron chi connectivity index (χ1n) is 6.35. The topological polar surface area (TPSA) is 120 Å². The molecule has 1 aliphatic heterocycles. The molecule has 0 radical (unpaired) electrons. The molecule has 1 saturated heterocycles. The summed E-state index contributed by atoms with van der Waals surface area (Å²) in [6, 6.07) is 1.04. The molecule has 1 aromatic heterocycles. The number of H-pyrrole nitrogens is 1. The molecule has 2 N–H and O–H groups in total. The van der Waals surface area contributed by atoms with Gasteiger partial charge in [-0.2, -0.15) is 0 Å². The van der Waals surface area contributed by atoms with Crippen molar-refractivity contribution in [2.75, 3.05) is 20.3 Å². The number of halogens is 1. The summed E-state index contributed by atoms with van der Waals surface area (Å²) in [5.74, 6) is -3.23. The molecule has 0 aliphatic carbocycles.